The second kappa shape index (κ2) is 7.25. The molecule has 0 aliphatic carbocycles. The number of hydrogen-bond donors (Lipinski definition) is 2. The number of carbonyl (C=O) groups excluding carboxylic acids is 2. The standard InChI is InChI=1S/C19H21N3O3/c1-25-15-8-9-16(20)17(11-15)21-19(24)14-6-4-13(5-7-14)12-22-10-2-3-18(22)23/h4-9,11H,2-3,10,12,20H2,1H3,(H,21,24). The number of nitrogens with two attached hydrogens (primary N) is 1. The zero-order chi connectivity index (χ0) is 17.8. The molecule has 1 aliphatic rings. The van der Waals surface area contributed by atoms with Crippen LogP contribution in [0.2, 0.25) is 0 Å². The van der Waals surface area contributed by atoms with Gasteiger partial charge in [-0.2, -0.15) is 0 Å². The summed E-state index contributed by atoms with van der Waals surface area (Å²) in [6.07, 6.45) is 1.55. The highest BCUT2D eigenvalue weighted by Gasteiger charge is 2.20. The van der Waals surface area contributed by atoms with Gasteiger partial charge in [0.05, 0.1) is 18.5 Å². The fraction of sp³-hybridized carbons (Fsp3) is 0.263. The Labute approximate surface area is 146 Å². The molecule has 3 rings (SSSR count). The number of nitrogens with one attached hydrogen (secondary N) is 1. The molecule has 6 nitrogen and oxygen atoms in total. The molecule has 1 fully saturated rings. The Morgan fingerprint density at radius 3 is 2.64 bits per heavy atom. The van der Waals surface area contributed by atoms with E-state index in [-0.39, 0.29) is 11.8 Å². The van der Waals surface area contributed by atoms with Crippen LogP contribution in [0, 0.1) is 0 Å². The third-order valence-electron chi connectivity index (χ3n) is 4.27. The number of methoxy groups -OCH3 is 1. The van der Waals surface area contributed by atoms with Gasteiger partial charge in [0, 0.05) is 31.1 Å². The van der Waals surface area contributed by atoms with Crippen molar-refractivity contribution in [3.8, 4) is 5.75 Å². The molecule has 2 aromatic rings. The number of likely N-dealkylation sites (tertiary alicyclic amines) is 1. The molecule has 0 spiro atoms. The molecular weight excluding hydrogens is 318 g/mol. The normalized spacial score (nSPS) is 13.8. The molecule has 0 unspecified atom stereocenters. The van der Waals surface area contributed by atoms with E-state index in [1.54, 1.807) is 37.4 Å². The number of carbonyl (C=O) groups is 2. The van der Waals surface area contributed by atoms with Crippen molar-refractivity contribution >= 4 is 23.2 Å². The molecule has 0 bridgehead atoms. The summed E-state index contributed by atoms with van der Waals surface area (Å²) in [6.45, 7) is 1.39. The van der Waals surface area contributed by atoms with Gasteiger partial charge in [0.1, 0.15) is 5.75 Å². The highest BCUT2D eigenvalue weighted by atomic mass is 16.5. The van der Waals surface area contributed by atoms with Gasteiger partial charge < -0.3 is 20.7 Å². The zero-order valence-electron chi connectivity index (χ0n) is 14.1. The molecule has 130 valence electrons. The summed E-state index contributed by atoms with van der Waals surface area (Å²) in [7, 11) is 1.56. The van der Waals surface area contributed by atoms with Gasteiger partial charge in [-0.05, 0) is 36.2 Å². The summed E-state index contributed by atoms with van der Waals surface area (Å²) < 4.78 is 5.15. The van der Waals surface area contributed by atoms with Crippen molar-refractivity contribution in [3.63, 3.8) is 0 Å². The maximum absolute atomic E-state index is 12.4. The van der Waals surface area contributed by atoms with Crippen LogP contribution in [0.15, 0.2) is 42.5 Å². The Morgan fingerprint density at radius 2 is 2.00 bits per heavy atom. The molecule has 2 aromatic carbocycles. The fourth-order valence-corrected chi connectivity index (χ4v) is 2.82. The lowest BCUT2D eigenvalue weighted by atomic mass is 10.1. The topological polar surface area (TPSA) is 84.7 Å². The molecule has 0 aromatic heterocycles. The Kier molecular flexibility index (Phi) is 4.88. The minimum atomic E-state index is -0.247. The third kappa shape index (κ3) is 3.91. The molecular formula is C19H21N3O3. The molecule has 0 atom stereocenters. The lowest BCUT2D eigenvalue weighted by Crippen LogP contribution is -2.23. The number of amides is 2. The zero-order valence-corrected chi connectivity index (χ0v) is 14.1. The van der Waals surface area contributed by atoms with E-state index in [1.165, 1.54) is 0 Å². The fourth-order valence-electron chi connectivity index (χ4n) is 2.82. The van der Waals surface area contributed by atoms with Gasteiger partial charge in [-0.3, -0.25) is 9.59 Å². The molecule has 3 N–H and O–H groups in total. The van der Waals surface area contributed by atoms with Crippen LogP contribution in [0.25, 0.3) is 0 Å². The summed E-state index contributed by atoms with van der Waals surface area (Å²) in [5.41, 5.74) is 8.41. The summed E-state index contributed by atoms with van der Waals surface area (Å²) in [6, 6.07) is 12.3. The molecule has 0 saturated carbocycles. The van der Waals surface area contributed by atoms with Crippen molar-refractivity contribution in [3.05, 3.63) is 53.6 Å². The lowest BCUT2D eigenvalue weighted by molar-refractivity contribution is -0.128. The largest absolute Gasteiger partial charge is 0.497 e. The van der Waals surface area contributed by atoms with Crippen molar-refractivity contribution in [1.29, 1.82) is 0 Å². The smallest absolute Gasteiger partial charge is 0.255 e. The molecule has 0 radical (unpaired) electrons. The predicted molar refractivity (Wildman–Crippen MR) is 96.5 cm³/mol. The Morgan fingerprint density at radius 1 is 1.24 bits per heavy atom. The van der Waals surface area contributed by atoms with Crippen LogP contribution in [0.5, 0.6) is 5.75 Å². The van der Waals surface area contributed by atoms with Gasteiger partial charge in [0.25, 0.3) is 5.91 Å². The molecule has 2 amide bonds. The van der Waals surface area contributed by atoms with Crippen molar-refractivity contribution in [2.45, 2.75) is 19.4 Å². The van der Waals surface area contributed by atoms with E-state index in [1.807, 2.05) is 17.0 Å². The third-order valence-corrected chi connectivity index (χ3v) is 4.27. The van der Waals surface area contributed by atoms with Crippen LogP contribution in [0.4, 0.5) is 11.4 Å². The second-order valence-corrected chi connectivity index (χ2v) is 6.02. The van der Waals surface area contributed by atoms with E-state index < -0.39 is 0 Å². The maximum atomic E-state index is 12.4. The van der Waals surface area contributed by atoms with Crippen LogP contribution < -0.4 is 15.8 Å². The number of anilines is 2. The molecule has 25 heavy (non-hydrogen) atoms. The first kappa shape index (κ1) is 16.8. The van der Waals surface area contributed by atoms with Crippen LogP contribution in [-0.2, 0) is 11.3 Å². The van der Waals surface area contributed by atoms with E-state index in [4.69, 9.17) is 10.5 Å². The van der Waals surface area contributed by atoms with Gasteiger partial charge in [0.15, 0.2) is 0 Å². The van der Waals surface area contributed by atoms with E-state index in [9.17, 15) is 9.59 Å². The number of rotatable bonds is 5. The van der Waals surface area contributed by atoms with Crippen LogP contribution in [-0.4, -0.2) is 30.4 Å². The second-order valence-electron chi connectivity index (χ2n) is 6.02. The van der Waals surface area contributed by atoms with Crippen LogP contribution in [0.1, 0.15) is 28.8 Å². The molecule has 1 saturated heterocycles. The number of benzene rings is 2. The highest BCUT2D eigenvalue weighted by molar-refractivity contribution is 6.05. The Balaban J connectivity index is 1.67. The summed E-state index contributed by atoms with van der Waals surface area (Å²) in [4.78, 5) is 25.9. The van der Waals surface area contributed by atoms with Crippen LogP contribution >= 0.6 is 0 Å². The minimum absolute atomic E-state index is 0.190. The predicted octanol–water partition coefficient (Wildman–Crippen LogP) is 2.65. The summed E-state index contributed by atoms with van der Waals surface area (Å²) in [5, 5.41) is 2.79. The first-order chi connectivity index (χ1) is 12.1. The monoisotopic (exact) mass is 339 g/mol. The number of nitrogens with zero attached hydrogens (tertiary/aromatic N) is 1. The first-order valence-electron chi connectivity index (χ1n) is 8.18. The number of ether oxygens (including phenoxy) is 1. The van der Waals surface area contributed by atoms with Gasteiger partial charge in [-0.1, -0.05) is 12.1 Å². The lowest BCUT2D eigenvalue weighted by Gasteiger charge is -2.15. The van der Waals surface area contributed by atoms with Crippen molar-refractivity contribution in [1.82, 2.24) is 4.90 Å². The van der Waals surface area contributed by atoms with Crippen molar-refractivity contribution < 1.29 is 14.3 Å². The molecule has 1 heterocycles. The van der Waals surface area contributed by atoms with E-state index in [0.717, 1.165) is 18.5 Å². The van der Waals surface area contributed by atoms with Crippen molar-refractivity contribution in [2.75, 3.05) is 24.7 Å². The average Bonchev–Trinajstić information content (AvgIpc) is 3.02. The van der Waals surface area contributed by atoms with Gasteiger partial charge >= 0.3 is 0 Å². The molecule has 6 heteroatoms. The number of nitrogen functional groups attached to an aromatic ring is 1. The summed E-state index contributed by atoms with van der Waals surface area (Å²) in [5.74, 6) is 0.564. The SMILES string of the molecule is COc1ccc(N)c(NC(=O)c2ccc(CN3CCCC3=O)cc2)c1. The van der Waals surface area contributed by atoms with Gasteiger partial charge in [-0.25, -0.2) is 0 Å². The van der Waals surface area contributed by atoms with E-state index in [2.05, 4.69) is 5.32 Å². The van der Waals surface area contributed by atoms with Crippen LogP contribution in [0.3, 0.4) is 0 Å². The average molecular weight is 339 g/mol. The number of hydrogen-bond acceptors (Lipinski definition) is 4. The summed E-state index contributed by atoms with van der Waals surface area (Å²) >= 11 is 0. The quantitative estimate of drug-likeness (QED) is 0.820. The van der Waals surface area contributed by atoms with Crippen molar-refractivity contribution in [2.24, 2.45) is 0 Å². The first-order valence-corrected chi connectivity index (χ1v) is 8.18. The minimum Gasteiger partial charge on any atom is -0.497 e. The van der Waals surface area contributed by atoms with Gasteiger partial charge in [0.2, 0.25) is 5.91 Å². The molecule has 1 aliphatic heterocycles. The Hall–Kier alpha value is -3.02. The van der Waals surface area contributed by atoms with E-state index in [0.29, 0.717) is 35.7 Å². The maximum Gasteiger partial charge on any atom is 0.255 e. The highest BCUT2D eigenvalue weighted by Crippen LogP contribution is 2.25. The Bertz CT molecular complexity index is 787. The van der Waals surface area contributed by atoms with E-state index >= 15 is 0 Å². The van der Waals surface area contributed by atoms with Gasteiger partial charge in [-0.15, -0.1) is 0 Å².